The molecule has 0 saturated heterocycles. The first-order valence-corrected chi connectivity index (χ1v) is 6.64. The first-order chi connectivity index (χ1) is 8.08. The van der Waals surface area contributed by atoms with Crippen molar-refractivity contribution in [3.63, 3.8) is 0 Å². The van der Waals surface area contributed by atoms with E-state index in [9.17, 15) is 0 Å². The lowest BCUT2D eigenvalue weighted by molar-refractivity contribution is 0.240. The van der Waals surface area contributed by atoms with Crippen LogP contribution in [0.1, 0.15) is 45.2 Å². The molecule has 0 saturated carbocycles. The molecule has 17 heavy (non-hydrogen) atoms. The van der Waals surface area contributed by atoms with Crippen LogP contribution in [0.5, 0.6) is 5.75 Å². The van der Waals surface area contributed by atoms with Crippen LogP contribution < -0.4 is 10.5 Å². The van der Waals surface area contributed by atoms with Crippen LogP contribution in [0.15, 0.2) is 18.2 Å². The third-order valence-electron chi connectivity index (χ3n) is 3.11. The van der Waals surface area contributed by atoms with Crippen LogP contribution in [-0.4, -0.2) is 6.61 Å². The average Bonchev–Trinajstić information content (AvgIpc) is 2.31. The number of hydrogen-bond donors (Lipinski definition) is 1. The van der Waals surface area contributed by atoms with Crippen molar-refractivity contribution >= 4 is 11.6 Å². The molecule has 0 heterocycles. The number of nitrogens with two attached hydrogens (primary N) is 1. The minimum atomic E-state index is 0.000539. The van der Waals surface area contributed by atoms with Crippen molar-refractivity contribution in [2.45, 2.75) is 39.7 Å². The molecule has 3 heteroatoms. The van der Waals surface area contributed by atoms with E-state index < -0.39 is 0 Å². The van der Waals surface area contributed by atoms with Gasteiger partial charge in [0.15, 0.2) is 0 Å². The molecule has 96 valence electrons. The summed E-state index contributed by atoms with van der Waals surface area (Å²) < 4.78 is 5.74. The van der Waals surface area contributed by atoms with E-state index in [1.54, 1.807) is 0 Å². The Balaban J connectivity index is 2.66. The summed E-state index contributed by atoms with van der Waals surface area (Å²) in [6, 6.07) is 5.76. The summed E-state index contributed by atoms with van der Waals surface area (Å²) in [7, 11) is 0. The first-order valence-electron chi connectivity index (χ1n) is 6.26. The van der Waals surface area contributed by atoms with Gasteiger partial charge in [-0.05, 0) is 30.5 Å². The van der Waals surface area contributed by atoms with E-state index in [2.05, 4.69) is 13.8 Å². The highest BCUT2D eigenvalue weighted by atomic mass is 35.5. The molecule has 0 aliphatic carbocycles. The topological polar surface area (TPSA) is 35.2 Å². The molecule has 0 aromatic heterocycles. The van der Waals surface area contributed by atoms with Crippen LogP contribution >= 0.6 is 11.6 Å². The standard InChI is InChI=1S/C14H22ClNO/c1-4-11(5-2)9-17-14-7-6-12(10(3)16)8-13(14)15/h6-8,10-11H,4-5,9,16H2,1-3H3/t10-/m0/s1. The summed E-state index contributed by atoms with van der Waals surface area (Å²) in [6.45, 7) is 7.03. The van der Waals surface area contributed by atoms with Gasteiger partial charge in [0.1, 0.15) is 5.75 Å². The Morgan fingerprint density at radius 2 is 1.94 bits per heavy atom. The molecule has 1 aromatic carbocycles. The summed E-state index contributed by atoms with van der Waals surface area (Å²) in [6.07, 6.45) is 2.26. The molecule has 0 bridgehead atoms. The van der Waals surface area contributed by atoms with E-state index >= 15 is 0 Å². The summed E-state index contributed by atoms with van der Waals surface area (Å²) in [5, 5.41) is 0.644. The van der Waals surface area contributed by atoms with Crippen molar-refractivity contribution < 1.29 is 4.74 Å². The van der Waals surface area contributed by atoms with Crippen molar-refractivity contribution in [2.24, 2.45) is 11.7 Å². The molecule has 1 aromatic rings. The molecule has 1 rings (SSSR count). The molecule has 0 radical (unpaired) electrons. The lowest BCUT2D eigenvalue weighted by Gasteiger charge is -2.15. The zero-order valence-corrected chi connectivity index (χ0v) is 11.6. The van der Waals surface area contributed by atoms with Gasteiger partial charge in [0, 0.05) is 6.04 Å². The van der Waals surface area contributed by atoms with Crippen LogP contribution in [0.25, 0.3) is 0 Å². The lowest BCUT2D eigenvalue weighted by Crippen LogP contribution is -2.10. The minimum Gasteiger partial charge on any atom is -0.492 e. The SMILES string of the molecule is CCC(CC)COc1ccc([C@H](C)N)cc1Cl. The van der Waals surface area contributed by atoms with E-state index in [1.807, 2.05) is 25.1 Å². The predicted molar refractivity (Wildman–Crippen MR) is 73.6 cm³/mol. The molecule has 1 atom stereocenters. The van der Waals surface area contributed by atoms with E-state index in [1.165, 1.54) is 0 Å². The van der Waals surface area contributed by atoms with Gasteiger partial charge >= 0.3 is 0 Å². The van der Waals surface area contributed by atoms with Crippen molar-refractivity contribution in [3.8, 4) is 5.75 Å². The Hall–Kier alpha value is -0.730. The first kappa shape index (κ1) is 14.3. The Morgan fingerprint density at radius 1 is 1.29 bits per heavy atom. The van der Waals surface area contributed by atoms with Crippen molar-refractivity contribution in [3.05, 3.63) is 28.8 Å². The van der Waals surface area contributed by atoms with E-state index in [0.29, 0.717) is 10.9 Å². The molecule has 0 aliphatic heterocycles. The zero-order valence-electron chi connectivity index (χ0n) is 10.9. The van der Waals surface area contributed by atoms with Crippen molar-refractivity contribution in [1.29, 1.82) is 0 Å². The van der Waals surface area contributed by atoms with Crippen LogP contribution in [0.2, 0.25) is 5.02 Å². The second-order valence-electron chi connectivity index (χ2n) is 4.47. The van der Waals surface area contributed by atoms with Crippen LogP contribution in [0, 0.1) is 5.92 Å². The molecular formula is C14H22ClNO. The largest absolute Gasteiger partial charge is 0.492 e. The molecule has 0 fully saturated rings. The minimum absolute atomic E-state index is 0.000539. The molecule has 0 unspecified atom stereocenters. The summed E-state index contributed by atoms with van der Waals surface area (Å²) in [4.78, 5) is 0. The van der Waals surface area contributed by atoms with Crippen LogP contribution in [-0.2, 0) is 0 Å². The van der Waals surface area contributed by atoms with Gasteiger partial charge in [0.2, 0.25) is 0 Å². The van der Waals surface area contributed by atoms with E-state index in [0.717, 1.165) is 30.8 Å². The fourth-order valence-electron chi connectivity index (χ4n) is 1.65. The number of hydrogen-bond acceptors (Lipinski definition) is 2. The summed E-state index contributed by atoms with van der Waals surface area (Å²) in [5.74, 6) is 1.35. The number of benzene rings is 1. The zero-order chi connectivity index (χ0) is 12.8. The monoisotopic (exact) mass is 255 g/mol. The molecular weight excluding hydrogens is 234 g/mol. The normalized spacial score (nSPS) is 12.8. The van der Waals surface area contributed by atoms with Gasteiger partial charge in [-0.2, -0.15) is 0 Å². The van der Waals surface area contributed by atoms with E-state index in [4.69, 9.17) is 22.1 Å². The maximum absolute atomic E-state index is 6.16. The number of ether oxygens (including phenoxy) is 1. The second kappa shape index (κ2) is 6.87. The Morgan fingerprint density at radius 3 is 2.41 bits per heavy atom. The Bertz CT molecular complexity index is 348. The number of halogens is 1. The highest BCUT2D eigenvalue weighted by Gasteiger charge is 2.08. The fourth-order valence-corrected chi connectivity index (χ4v) is 1.89. The maximum atomic E-state index is 6.16. The van der Waals surface area contributed by atoms with Crippen molar-refractivity contribution in [1.82, 2.24) is 0 Å². The maximum Gasteiger partial charge on any atom is 0.137 e. The fraction of sp³-hybridized carbons (Fsp3) is 0.571. The molecule has 2 nitrogen and oxygen atoms in total. The highest BCUT2D eigenvalue weighted by Crippen LogP contribution is 2.28. The third kappa shape index (κ3) is 4.21. The van der Waals surface area contributed by atoms with Gasteiger partial charge in [-0.3, -0.25) is 0 Å². The van der Waals surface area contributed by atoms with Gasteiger partial charge in [-0.15, -0.1) is 0 Å². The average molecular weight is 256 g/mol. The molecule has 0 amide bonds. The van der Waals surface area contributed by atoms with Crippen LogP contribution in [0.3, 0.4) is 0 Å². The number of rotatable bonds is 6. The van der Waals surface area contributed by atoms with Gasteiger partial charge in [0.25, 0.3) is 0 Å². The Labute approximate surface area is 109 Å². The quantitative estimate of drug-likeness (QED) is 0.828. The van der Waals surface area contributed by atoms with E-state index in [-0.39, 0.29) is 6.04 Å². The molecule has 0 aliphatic rings. The molecule has 0 spiro atoms. The summed E-state index contributed by atoms with van der Waals surface area (Å²) in [5.41, 5.74) is 6.83. The summed E-state index contributed by atoms with van der Waals surface area (Å²) >= 11 is 6.16. The molecule has 2 N–H and O–H groups in total. The Kier molecular flexibility index (Phi) is 5.79. The smallest absolute Gasteiger partial charge is 0.137 e. The van der Waals surface area contributed by atoms with Crippen molar-refractivity contribution in [2.75, 3.05) is 6.61 Å². The van der Waals surface area contributed by atoms with Gasteiger partial charge in [-0.1, -0.05) is 44.4 Å². The highest BCUT2D eigenvalue weighted by molar-refractivity contribution is 6.32. The van der Waals surface area contributed by atoms with Gasteiger partial charge in [0.05, 0.1) is 11.6 Å². The third-order valence-corrected chi connectivity index (χ3v) is 3.41. The van der Waals surface area contributed by atoms with Crippen LogP contribution in [0.4, 0.5) is 0 Å². The second-order valence-corrected chi connectivity index (χ2v) is 4.88. The van der Waals surface area contributed by atoms with Gasteiger partial charge in [-0.25, -0.2) is 0 Å². The lowest BCUT2D eigenvalue weighted by atomic mass is 10.1. The predicted octanol–water partition coefficient (Wildman–Crippen LogP) is 4.17. The van der Waals surface area contributed by atoms with Gasteiger partial charge < -0.3 is 10.5 Å².